The first-order valence-electron chi connectivity index (χ1n) is 6.96. The summed E-state index contributed by atoms with van der Waals surface area (Å²) in [5, 5.41) is 10.9. The molecule has 2 rings (SSSR count). The Labute approximate surface area is 124 Å². The van der Waals surface area contributed by atoms with Gasteiger partial charge in [0.15, 0.2) is 5.69 Å². The molecule has 0 atom stereocenters. The van der Waals surface area contributed by atoms with Gasteiger partial charge in [0.1, 0.15) is 5.69 Å². The van der Waals surface area contributed by atoms with Crippen molar-refractivity contribution in [1.82, 2.24) is 20.3 Å². The molecule has 0 aliphatic rings. The van der Waals surface area contributed by atoms with Gasteiger partial charge in [-0.25, -0.2) is 4.68 Å². The second-order valence-electron chi connectivity index (χ2n) is 4.82. The molecule has 0 aliphatic carbocycles. The number of amides is 1. The maximum Gasteiger partial charge on any atom is 0.273 e. The number of carbonyl (C=O) groups excluding carboxylic acids is 1. The van der Waals surface area contributed by atoms with Gasteiger partial charge in [-0.3, -0.25) is 4.79 Å². The number of nitrogens with one attached hydrogen (secondary N) is 1. The average Bonchev–Trinajstić information content (AvgIpc) is 2.90. The van der Waals surface area contributed by atoms with Crippen LogP contribution in [0.25, 0.3) is 5.69 Å². The van der Waals surface area contributed by atoms with Gasteiger partial charge in [0.25, 0.3) is 5.91 Å². The van der Waals surface area contributed by atoms with Crippen LogP contribution in [-0.2, 0) is 11.3 Å². The van der Waals surface area contributed by atoms with Crippen molar-refractivity contribution in [3.63, 3.8) is 0 Å². The van der Waals surface area contributed by atoms with Crippen LogP contribution in [0.2, 0.25) is 0 Å². The van der Waals surface area contributed by atoms with Gasteiger partial charge in [-0.05, 0) is 25.5 Å². The van der Waals surface area contributed by atoms with Crippen LogP contribution in [0.15, 0.2) is 24.3 Å². The number of rotatable bonds is 6. The Kier molecular flexibility index (Phi) is 5.05. The smallest absolute Gasteiger partial charge is 0.273 e. The Hall–Kier alpha value is -2.21. The van der Waals surface area contributed by atoms with Gasteiger partial charge in [0.05, 0.1) is 12.3 Å². The van der Waals surface area contributed by atoms with Gasteiger partial charge < -0.3 is 10.1 Å². The summed E-state index contributed by atoms with van der Waals surface area (Å²) in [6.07, 6.45) is 0.872. The summed E-state index contributed by atoms with van der Waals surface area (Å²) >= 11 is 0. The first-order chi connectivity index (χ1) is 10.2. The Morgan fingerprint density at radius 2 is 2.05 bits per heavy atom. The third kappa shape index (κ3) is 3.46. The van der Waals surface area contributed by atoms with Crippen LogP contribution in [0, 0.1) is 6.92 Å². The standard InChI is InChI=1S/C15H20N4O2/c1-4-9-16-15(20)14-13(10-21-3)19(18-17-14)12-7-5-11(2)6-8-12/h5-8H,4,9-10H2,1-3H3,(H,16,20). The Morgan fingerprint density at radius 1 is 1.33 bits per heavy atom. The van der Waals surface area contributed by atoms with Crippen molar-refractivity contribution in [3.05, 3.63) is 41.2 Å². The van der Waals surface area contributed by atoms with Crippen molar-refractivity contribution in [1.29, 1.82) is 0 Å². The van der Waals surface area contributed by atoms with Crippen LogP contribution in [0.3, 0.4) is 0 Å². The van der Waals surface area contributed by atoms with E-state index in [-0.39, 0.29) is 12.5 Å². The molecule has 1 amide bonds. The molecule has 0 spiro atoms. The molecule has 1 heterocycles. The quantitative estimate of drug-likeness (QED) is 0.881. The molecule has 21 heavy (non-hydrogen) atoms. The predicted molar refractivity (Wildman–Crippen MR) is 79.4 cm³/mol. The van der Waals surface area contributed by atoms with Gasteiger partial charge in [0, 0.05) is 13.7 Å². The number of aryl methyl sites for hydroxylation is 1. The van der Waals surface area contributed by atoms with Gasteiger partial charge in [-0.2, -0.15) is 0 Å². The summed E-state index contributed by atoms with van der Waals surface area (Å²) in [6.45, 7) is 4.91. The molecule has 1 aromatic carbocycles. The number of nitrogens with zero attached hydrogens (tertiary/aromatic N) is 3. The van der Waals surface area contributed by atoms with Crippen molar-refractivity contribution in [2.75, 3.05) is 13.7 Å². The van der Waals surface area contributed by atoms with Crippen molar-refractivity contribution >= 4 is 5.91 Å². The SMILES string of the molecule is CCCNC(=O)c1nnn(-c2ccc(C)cc2)c1COC. The van der Waals surface area contributed by atoms with Crippen LogP contribution in [0.1, 0.15) is 35.1 Å². The summed E-state index contributed by atoms with van der Waals surface area (Å²) in [7, 11) is 1.58. The number of aromatic nitrogens is 3. The maximum atomic E-state index is 12.1. The summed E-state index contributed by atoms with van der Waals surface area (Å²) in [5.74, 6) is -0.220. The molecule has 6 heteroatoms. The van der Waals surface area contributed by atoms with E-state index in [0.717, 1.165) is 17.7 Å². The number of benzene rings is 1. The fraction of sp³-hybridized carbons (Fsp3) is 0.400. The highest BCUT2D eigenvalue weighted by Gasteiger charge is 2.20. The number of carbonyl (C=O) groups is 1. The second-order valence-corrected chi connectivity index (χ2v) is 4.82. The van der Waals surface area contributed by atoms with E-state index in [0.29, 0.717) is 17.9 Å². The molecule has 1 N–H and O–H groups in total. The average molecular weight is 288 g/mol. The molecule has 2 aromatic rings. The first-order valence-corrected chi connectivity index (χ1v) is 6.96. The molecule has 0 saturated heterocycles. The van der Waals surface area contributed by atoms with E-state index >= 15 is 0 Å². The fourth-order valence-corrected chi connectivity index (χ4v) is 1.96. The normalized spacial score (nSPS) is 10.6. The zero-order chi connectivity index (χ0) is 15.2. The predicted octanol–water partition coefficient (Wildman–Crippen LogP) is 1.86. The van der Waals surface area contributed by atoms with E-state index in [1.165, 1.54) is 0 Å². The summed E-state index contributed by atoms with van der Waals surface area (Å²) in [5.41, 5.74) is 2.98. The van der Waals surface area contributed by atoms with E-state index in [1.807, 2.05) is 38.1 Å². The van der Waals surface area contributed by atoms with Gasteiger partial charge >= 0.3 is 0 Å². The molecular weight excluding hydrogens is 268 g/mol. The summed E-state index contributed by atoms with van der Waals surface area (Å²) in [4.78, 5) is 12.1. The molecule has 0 bridgehead atoms. The lowest BCUT2D eigenvalue weighted by Gasteiger charge is -2.07. The zero-order valence-electron chi connectivity index (χ0n) is 12.6. The third-order valence-electron chi connectivity index (χ3n) is 3.07. The van der Waals surface area contributed by atoms with E-state index in [4.69, 9.17) is 4.74 Å². The van der Waals surface area contributed by atoms with Gasteiger partial charge in [-0.15, -0.1) is 5.10 Å². The topological polar surface area (TPSA) is 69.0 Å². The number of ether oxygens (including phenoxy) is 1. The molecule has 0 fully saturated rings. The minimum Gasteiger partial charge on any atom is -0.378 e. The minimum atomic E-state index is -0.220. The highest BCUT2D eigenvalue weighted by molar-refractivity contribution is 5.93. The van der Waals surface area contributed by atoms with Crippen molar-refractivity contribution in [2.24, 2.45) is 0 Å². The Bertz CT molecular complexity index is 605. The number of hydrogen-bond acceptors (Lipinski definition) is 4. The monoisotopic (exact) mass is 288 g/mol. The second kappa shape index (κ2) is 6.99. The lowest BCUT2D eigenvalue weighted by Crippen LogP contribution is -2.25. The maximum absolute atomic E-state index is 12.1. The van der Waals surface area contributed by atoms with Crippen LogP contribution >= 0.6 is 0 Å². The molecule has 112 valence electrons. The summed E-state index contributed by atoms with van der Waals surface area (Å²) in [6, 6.07) is 7.86. The molecule has 0 aliphatic heterocycles. The van der Waals surface area contributed by atoms with Crippen molar-refractivity contribution in [3.8, 4) is 5.69 Å². The lowest BCUT2D eigenvalue weighted by atomic mass is 10.2. The highest BCUT2D eigenvalue weighted by Crippen LogP contribution is 2.15. The first kappa shape index (κ1) is 15.2. The molecular formula is C15H20N4O2. The van der Waals surface area contributed by atoms with E-state index in [9.17, 15) is 4.79 Å². The van der Waals surface area contributed by atoms with Crippen LogP contribution in [-0.4, -0.2) is 34.6 Å². The molecule has 0 radical (unpaired) electrons. The van der Waals surface area contributed by atoms with Gasteiger partial charge in [0.2, 0.25) is 0 Å². The Morgan fingerprint density at radius 3 is 2.67 bits per heavy atom. The molecule has 0 saturated carbocycles. The van der Waals surface area contributed by atoms with E-state index in [2.05, 4.69) is 15.6 Å². The van der Waals surface area contributed by atoms with E-state index in [1.54, 1.807) is 11.8 Å². The number of hydrogen-bond donors (Lipinski definition) is 1. The van der Waals surface area contributed by atoms with Crippen LogP contribution in [0.5, 0.6) is 0 Å². The Balaban J connectivity index is 2.36. The van der Waals surface area contributed by atoms with E-state index < -0.39 is 0 Å². The van der Waals surface area contributed by atoms with Crippen LogP contribution in [0.4, 0.5) is 0 Å². The lowest BCUT2D eigenvalue weighted by molar-refractivity contribution is 0.0943. The summed E-state index contributed by atoms with van der Waals surface area (Å²) < 4.78 is 6.83. The minimum absolute atomic E-state index is 0.220. The van der Waals surface area contributed by atoms with Crippen molar-refractivity contribution in [2.45, 2.75) is 26.9 Å². The largest absolute Gasteiger partial charge is 0.378 e. The fourth-order valence-electron chi connectivity index (χ4n) is 1.96. The third-order valence-corrected chi connectivity index (χ3v) is 3.07. The molecule has 6 nitrogen and oxygen atoms in total. The zero-order valence-corrected chi connectivity index (χ0v) is 12.6. The molecule has 1 aromatic heterocycles. The highest BCUT2D eigenvalue weighted by atomic mass is 16.5. The number of methoxy groups -OCH3 is 1. The van der Waals surface area contributed by atoms with Gasteiger partial charge in [-0.1, -0.05) is 29.8 Å². The van der Waals surface area contributed by atoms with Crippen LogP contribution < -0.4 is 5.32 Å². The molecule has 0 unspecified atom stereocenters. The van der Waals surface area contributed by atoms with Crippen molar-refractivity contribution < 1.29 is 9.53 Å².